The van der Waals surface area contributed by atoms with E-state index < -0.39 is 0 Å². The maximum absolute atomic E-state index is 5.02. The first-order valence-corrected chi connectivity index (χ1v) is 4.36. The minimum absolute atomic E-state index is 0.462. The van der Waals surface area contributed by atoms with Crippen LogP contribution in [-0.2, 0) is 4.74 Å². The molecule has 0 spiro atoms. The fourth-order valence-corrected chi connectivity index (χ4v) is 1.57. The Kier molecular flexibility index (Phi) is 1.79. The van der Waals surface area contributed by atoms with Gasteiger partial charge < -0.3 is 10.1 Å². The second-order valence-electron chi connectivity index (χ2n) is 3.42. The number of hydrogen-bond acceptors (Lipinski definition) is 3. The van der Waals surface area contributed by atoms with Gasteiger partial charge in [-0.15, -0.1) is 0 Å². The van der Waals surface area contributed by atoms with Crippen molar-refractivity contribution in [2.45, 2.75) is 25.8 Å². The van der Waals surface area contributed by atoms with Crippen molar-refractivity contribution in [2.24, 2.45) is 10.9 Å². The predicted octanol–water partition coefficient (Wildman–Crippen LogP) is 1.27. The molecule has 1 saturated carbocycles. The van der Waals surface area contributed by atoms with E-state index in [9.17, 15) is 0 Å². The van der Waals surface area contributed by atoms with Crippen molar-refractivity contribution in [3.63, 3.8) is 0 Å². The molecule has 1 atom stereocenters. The first-order chi connectivity index (χ1) is 5.81. The van der Waals surface area contributed by atoms with Crippen LogP contribution in [0.25, 0.3) is 0 Å². The van der Waals surface area contributed by atoms with Crippen molar-refractivity contribution in [1.82, 2.24) is 5.32 Å². The highest BCUT2D eigenvalue weighted by molar-refractivity contribution is 5.89. The zero-order chi connectivity index (χ0) is 8.55. The average Bonchev–Trinajstić information content (AvgIpc) is 2.87. The Morgan fingerprint density at radius 3 is 2.83 bits per heavy atom. The van der Waals surface area contributed by atoms with E-state index in [1.807, 2.05) is 6.20 Å². The molecule has 1 heterocycles. The predicted molar refractivity (Wildman–Crippen MR) is 47.8 cm³/mol. The van der Waals surface area contributed by atoms with E-state index in [0.29, 0.717) is 11.9 Å². The summed E-state index contributed by atoms with van der Waals surface area (Å²) < 4.78 is 5.02. The first kappa shape index (κ1) is 7.65. The van der Waals surface area contributed by atoms with Gasteiger partial charge in [0.05, 0.1) is 19.4 Å². The fraction of sp³-hybridized carbons (Fsp3) is 0.667. The number of hydrogen-bond donors (Lipinski definition) is 1. The molecule has 0 aromatic rings. The third kappa shape index (κ3) is 1.31. The molecule has 1 aliphatic heterocycles. The van der Waals surface area contributed by atoms with Gasteiger partial charge in [0.1, 0.15) is 0 Å². The summed E-state index contributed by atoms with van der Waals surface area (Å²) >= 11 is 0. The van der Waals surface area contributed by atoms with E-state index >= 15 is 0 Å². The highest BCUT2D eigenvalue weighted by Crippen LogP contribution is 2.34. The molecule has 1 unspecified atom stereocenters. The molecule has 1 aliphatic carbocycles. The van der Waals surface area contributed by atoms with Gasteiger partial charge in [0, 0.05) is 5.71 Å². The number of rotatable bonds is 2. The van der Waals surface area contributed by atoms with E-state index in [1.54, 1.807) is 7.11 Å². The van der Waals surface area contributed by atoms with Crippen LogP contribution in [0.5, 0.6) is 0 Å². The third-order valence-corrected chi connectivity index (χ3v) is 2.43. The molecule has 2 aliphatic rings. The van der Waals surface area contributed by atoms with Gasteiger partial charge in [-0.1, -0.05) is 0 Å². The molecule has 3 heteroatoms. The van der Waals surface area contributed by atoms with Gasteiger partial charge in [-0.2, -0.15) is 0 Å². The molecule has 0 radical (unpaired) electrons. The molecule has 3 nitrogen and oxygen atoms in total. The van der Waals surface area contributed by atoms with Crippen molar-refractivity contribution in [3.05, 3.63) is 12.1 Å². The highest BCUT2D eigenvalue weighted by atomic mass is 16.5. The second kappa shape index (κ2) is 2.81. The lowest BCUT2D eigenvalue weighted by Crippen LogP contribution is -2.36. The minimum atomic E-state index is 0.462. The summed E-state index contributed by atoms with van der Waals surface area (Å²) in [7, 11) is 1.64. The summed E-state index contributed by atoms with van der Waals surface area (Å²) in [6, 6.07) is 0.462. The summed E-state index contributed by atoms with van der Waals surface area (Å²) in [5.74, 6) is 1.49. The lowest BCUT2D eigenvalue weighted by atomic mass is 10.1. The number of methoxy groups -OCH3 is 1. The van der Waals surface area contributed by atoms with Crippen LogP contribution in [0, 0.1) is 5.92 Å². The number of nitrogens with zero attached hydrogens (tertiary/aromatic N) is 1. The Balaban J connectivity index is 2.07. The van der Waals surface area contributed by atoms with Gasteiger partial charge in [-0.05, 0) is 25.7 Å². The van der Waals surface area contributed by atoms with Crippen molar-refractivity contribution >= 4 is 5.71 Å². The Morgan fingerprint density at radius 1 is 1.58 bits per heavy atom. The number of ether oxygens (including phenoxy) is 1. The topological polar surface area (TPSA) is 33.6 Å². The van der Waals surface area contributed by atoms with E-state index in [4.69, 9.17) is 4.74 Å². The molecule has 0 saturated heterocycles. The molecule has 12 heavy (non-hydrogen) atoms. The monoisotopic (exact) mass is 166 g/mol. The average molecular weight is 166 g/mol. The molecule has 66 valence electrons. The molecule has 0 aromatic heterocycles. The second-order valence-corrected chi connectivity index (χ2v) is 3.42. The van der Waals surface area contributed by atoms with Gasteiger partial charge >= 0.3 is 0 Å². The van der Waals surface area contributed by atoms with Crippen LogP contribution < -0.4 is 5.32 Å². The van der Waals surface area contributed by atoms with Gasteiger partial charge in [-0.3, -0.25) is 0 Å². The highest BCUT2D eigenvalue weighted by Gasteiger charge is 2.33. The maximum Gasteiger partial charge on any atom is 0.229 e. The van der Waals surface area contributed by atoms with E-state index in [-0.39, 0.29) is 0 Å². The van der Waals surface area contributed by atoms with Gasteiger partial charge in [0.2, 0.25) is 5.88 Å². The Bertz CT molecular complexity index is 241. The summed E-state index contributed by atoms with van der Waals surface area (Å²) in [5, 5.41) is 3.31. The van der Waals surface area contributed by atoms with Crippen LogP contribution in [0.2, 0.25) is 0 Å². The lowest BCUT2D eigenvalue weighted by molar-refractivity contribution is 0.281. The van der Waals surface area contributed by atoms with Gasteiger partial charge in [0.25, 0.3) is 0 Å². The normalized spacial score (nSPS) is 28.7. The van der Waals surface area contributed by atoms with Crippen molar-refractivity contribution in [1.29, 1.82) is 0 Å². The number of aliphatic imine (C=N–C) groups is 1. The zero-order valence-electron chi connectivity index (χ0n) is 7.50. The summed E-state index contributed by atoms with van der Waals surface area (Å²) in [6.07, 6.45) is 4.53. The zero-order valence-corrected chi connectivity index (χ0v) is 7.50. The van der Waals surface area contributed by atoms with Crippen LogP contribution in [0.4, 0.5) is 0 Å². The van der Waals surface area contributed by atoms with Crippen LogP contribution >= 0.6 is 0 Å². The molecular weight excluding hydrogens is 152 g/mol. The number of nitrogens with one attached hydrogen (secondary N) is 1. The Labute approximate surface area is 72.5 Å². The van der Waals surface area contributed by atoms with Crippen LogP contribution in [0.3, 0.4) is 0 Å². The van der Waals surface area contributed by atoms with Crippen LogP contribution in [-0.4, -0.2) is 18.9 Å². The fourth-order valence-electron chi connectivity index (χ4n) is 1.57. The molecule has 1 N–H and O–H groups in total. The van der Waals surface area contributed by atoms with Gasteiger partial charge in [0.15, 0.2) is 0 Å². The summed E-state index contributed by atoms with van der Waals surface area (Å²) in [6.45, 7) is 2.06. The molecule has 0 amide bonds. The van der Waals surface area contributed by atoms with E-state index in [0.717, 1.165) is 11.6 Å². The lowest BCUT2D eigenvalue weighted by Gasteiger charge is -2.21. The van der Waals surface area contributed by atoms with E-state index in [1.165, 1.54) is 12.8 Å². The quantitative estimate of drug-likeness (QED) is 0.670. The molecule has 0 bridgehead atoms. The smallest absolute Gasteiger partial charge is 0.229 e. The summed E-state index contributed by atoms with van der Waals surface area (Å²) in [4.78, 5) is 4.34. The molecule has 0 aromatic carbocycles. The molecular formula is C9H14N2O. The van der Waals surface area contributed by atoms with E-state index in [2.05, 4.69) is 17.2 Å². The Morgan fingerprint density at radius 2 is 2.33 bits per heavy atom. The third-order valence-electron chi connectivity index (χ3n) is 2.43. The van der Waals surface area contributed by atoms with Crippen LogP contribution in [0.15, 0.2) is 17.1 Å². The van der Waals surface area contributed by atoms with Gasteiger partial charge in [-0.25, -0.2) is 4.99 Å². The largest absolute Gasteiger partial charge is 0.480 e. The summed E-state index contributed by atoms with van der Waals surface area (Å²) in [5.41, 5.74) is 1.15. The SMILES string of the molecule is COC1=CNC(C2CC2)C(C)=N1. The maximum atomic E-state index is 5.02. The standard InChI is InChI=1S/C9H14N2O/c1-6-9(7-3-4-7)10-5-8(11-6)12-2/h5,7,9-10H,3-4H2,1-2H3. The van der Waals surface area contributed by atoms with Crippen LogP contribution in [0.1, 0.15) is 19.8 Å². The van der Waals surface area contributed by atoms with Crippen molar-refractivity contribution < 1.29 is 4.74 Å². The Hall–Kier alpha value is -0.990. The molecule has 2 rings (SSSR count). The minimum Gasteiger partial charge on any atom is -0.480 e. The molecule has 1 fully saturated rings. The first-order valence-electron chi connectivity index (χ1n) is 4.36. The van der Waals surface area contributed by atoms with Crippen molar-refractivity contribution in [2.75, 3.05) is 7.11 Å². The van der Waals surface area contributed by atoms with Crippen molar-refractivity contribution in [3.8, 4) is 0 Å².